The zero-order chi connectivity index (χ0) is 20.9. The van der Waals surface area contributed by atoms with E-state index in [4.69, 9.17) is 6.57 Å². The van der Waals surface area contributed by atoms with Crippen LogP contribution in [0.25, 0.3) is 48.6 Å². The third kappa shape index (κ3) is 2.81. The summed E-state index contributed by atoms with van der Waals surface area (Å²) >= 11 is 0. The summed E-state index contributed by atoms with van der Waals surface area (Å²) in [7, 11) is 0. The van der Waals surface area contributed by atoms with Gasteiger partial charge in [0.25, 0.3) is 0 Å². The van der Waals surface area contributed by atoms with E-state index < -0.39 is 0 Å². The Bertz CT molecular complexity index is 1480. The Morgan fingerprint density at radius 2 is 1.53 bits per heavy atom. The highest BCUT2D eigenvalue weighted by Gasteiger charge is 2.19. The zero-order valence-corrected chi connectivity index (χ0v) is 17.3. The summed E-state index contributed by atoms with van der Waals surface area (Å²) < 4.78 is 0. The first-order chi connectivity index (χ1) is 14.5. The molecule has 0 radical (unpaired) electrons. The van der Waals surface area contributed by atoms with Crippen LogP contribution < -0.4 is 0 Å². The van der Waals surface area contributed by atoms with Crippen LogP contribution in [0.2, 0.25) is 0 Å². The van der Waals surface area contributed by atoms with E-state index in [2.05, 4.69) is 72.0 Å². The second-order valence-electron chi connectivity index (χ2n) is 8.66. The molecule has 0 amide bonds. The highest BCUT2D eigenvalue weighted by molar-refractivity contribution is 6.12. The Morgan fingerprint density at radius 1 is 0.767 bits per heavy atom. The number of benzene rings is 4. The molecule has 0 spiro atoms. The first-order valence-electron chi connectivity index (χ1n) is 10.0. The highest BCUT2D eigenvalue weighted by atomic mass is 14.8. The van der Waals surface area contributed by atoms with Crippen molar-refractivity contribution < 1.29 is 0 Å². The smallest absolute Gasteiger partial charge is 0.194 e. The second kappa shape index (κ2) is 6.64. The van der Waals surface area contributed by atoms with Gasteiger partial charge in [-0.3, -0.25) is 0 Å². The van der Waals surface area contributed by atoms with Crippen LogP contribution in [0.3, 0.4) is 0 Å². The number of fused-ring (bicyclic) bond motifs is 4. The van der Waals surface area contributed by atoms with E-state index in [-0.39, 0.29) is 5.41 Å². The normalized spacial score (nSPS) is 11.8. The minimum atomic E-state index is 0.00960. The van der Waals surface area contributed by atoms with E-state index in [1.807, 2.05) is 30.3 Å². The fourth-order valence-corrected chi connectivity index (χ4v) is 4.26. The van der Waals surface area contributed by atoms with Gasteiger partial charge in [-0.1, -0.05) is 75.4 Å². The first-order valence-corrected chi connectivity index (χ1v) is 10.0. The summed E-state index contributed by atoms with van der Waals surface area (Å²) in [5.74, 6) is 0. The molecular weight excluding hydrogens is 366 g/mol. The lowest BCUT2D eigenvalue weighted by molar-refractivity contribution is 0.596. The predicted octanol–water partition coefficient (Wildman–Crippen LogP) is 7.45. The number of rotatable bonds is 1. The molecule has 3 nitrogen and oxygen atoms in total. The van der Waals surface area contributed by atoms with Crippen molar-refractivity contribution in [2.75, 3.05) is 0 Å². The molecule has 0 saturated carbocycles. The lowest BCUT2D eigenvalue weighted by Gasteiger charge is -2.23. The molecule has 0 aliphatic rings. The largest absolute Gasteiger partial charge is 0.238 e. The van der Waals surface area contributed by atoms with Gasteiger partial charge in [0.1, 0.15) is 6.33 Å². The maximum atomic E-state index is 7.46. The van der Waals surface area contributed by atoms with E-state index in [1.165, 1.54) is 16.3 Å². The van der Waals surface area contributed by atoms with Gasteiger partial charge in [-0.15, -0.1) is 0 Å². The molecule has 0 unspecified atom stereocenters. The van der Waals surface area contributed by atoms with Gasteiger partial charge < -0.3 is 0 Å². The van der Waals surface area contributed by atoms with Crippen molar-refractivity contribution in [1.29, 1.82) is 0 Å². The molecule has 0 saturated heterocycles. The van der Waals surface area contributed by atoms with Crippen LogP contribution in [0.1, 0.15) is 26.3 Å². The van der Waals surface area contributed by atoms with Gasteiger partial charge in [-0.2, -0.15) is 0 Å². The van der Waals surface area contributed by atoms with Crippen LogP contribution in [0.4, 0.5) is 5.69 Å². The molecule has 4 aromatic carbocycles. The molecule has 0 atom stereocenters. The fraction of sp³-hybridized carbons (Fsp3) is 0.148. The molecule has 0 fully saturated rings. The van der Waals surface area contributed by atoms with Crippen molar-refractivity contribution >= 4 is 38.1 Å². The second-order valence-corrected chi connectivity index (χ2v) is 8.66. The van der Waals surface area contributed by atoms with Crippen molar-refractivity contribution in [3.63, 3.8) is 0 Å². The number of aromatic nitrogens is 2. The first kappa shape index (κ1) is 18.3. The lowest BCUT2D eigenvalue weighted by atomic mass is 9.82. The highest BCUT2D eigenvalue weighted by Crippen LogP contribution is 2.38. The molecule has 1 aromatic heterocycles. The van der Waals surface area contributed by atoms with Crippen molar-refractivity contribution in [1.82, 2.24) is 9.97 Å². The van der Waals surface area contributed by atoms with E-state index in [0.29, 0.717) is 5.69 Å². The molecule has 3 heteroatoms. The van der Waals surface area contributed by atoms with E-state index in [1.54, 1.807) is 6.33 Å². The molecule has 5 rings (SSSR count). The minimum Gasteiger partial charge on any atom is -0.238 e. The van der Waals surface area contributed by atoms with Gasteiger partial charge in [0.2, 0.25) is 0 Å². The maximum absolute atomic E-state index is 7.46. The molecule has 0 aliphatic heterocycles. The molecule has 144 valence electrons. The quantitative estimate of drug-likeness (QED) is 0.221. The molecule has 0 N–H and O–H groups in total. The van der Waals surface area contributed by atoms with Crippen LogP contribution in [0.15, 0.2) is 73.1 Å². The van der Waals surface area contributed by atoms with E-state index in [9.17, 15) is 0 Å². The number of hydrogen-bond acceptors (Lipinski definition) is 2. The Hall–Kier alpha value is -3.77. The van der Waals surface area contributed by atoms with Crippen LogP contribution in [-0.4, -0.2) is 9.97 Å². The van der Waals surface area contributed by atoms with Crippen molar-refractivity contribution in [3.8, 4) is 11.3 Å². The van der Waals surface area contributed by atoms with Gasteiger partial charge in [0.15, 0.2) is 5.69 Å². The maximum Gasteiger partial charge on any atom is 0.194 e. The minimum absolute atomic E-state index is 0.00960. The van der Waals surface area contributed by atoms with Gasteiger partial charge >= 0.3 is 0 Å². The summed E-state index contributed by atoms with van der Waals surface area (Å²) in [5, 5.41) is 5.41. The van der Waals surface area contributed by atoms with Crippen LogP contribution >= 0.6 is 0 Å². The zero-order valence-electron chi connectivity index (χ0n) is 17.3. The predicted molar refractivity (Wildman–Crippen MR) is 125 cm³/mol. The van der Waals surface area contributed by atoms with Crippen molar-refractivity contribution in [3.05, 3.63) is 90.0 Å². The average molecular weight is 387 g/mol. The Labute approximate surface area is 175 Å². The molecule has 0 bridgehead atoms. The third-order valence-corrected chi connectivity index (χ3v) is 5.70. The fourth-order valence-electron chi connectivity index (χ4n) is 4.26. The molecule has 0 aliphatic carbocycles. The molecule has 1 heterocycles. The Kier molecular flexibility index (Phi) is 4.04. The summed E-state index contributed by atoms with van der Waals surface area (Å²) in [6.45, 7) is 14.2. The topological polar surface area (TPSA) is 30.1 Å². The van der Waals surface area contributed by atoms with E-state index in [0.717, 1.165) is 32.9 Å². The lowest BCUT2D eigenvalue weighted by Crippen LogP contribution is -2.12. The SMILES string of the molecule is [C-]#[N+]c1cccc2c1ccc1c(-c3cc(C(C)(C)C)c4ccccc4c3)ncnc12. The van der Waals surface area contributed by atoms with Crippen LogP contribution in [-0.2, 0) is 5.41 Å². The van der Waals surface area contributed by atoms with Crippen LogP contribution in [0.5, 0.6) is 0 Å². The molecule has 30 heavy (non-hydrogen) atoms. The standard InChI is InChI=1S/C27H21N3/c1-27(2,3)23-15-18(14-17-8-5-6-9-19(17)23)25-22-13-12-20-21(26(22)30-16-29-25)10-7-11-24(20)28-4/h5-16H,1-3H3. The summed E-state index contributed by atoms with van der Waals surface area (Å²) in [5.41, 5.74) is 4.86. The molecule has 5 aromatic rings. The van der Waals surface area contributed by atoms with E-state index >= 15 is 0 Å². The summed E-state index contributed by atoms with van der Waals surface area (Å²) in [6.07, 6.45) is 1.63. The van der Waals surface area contributed by atoms with Gasteiger partial charge in [0.05, 0.1) is 17.8 Å². The average Bonchev–Trinajstić information content (AvgIpc) is 2.76. The van der Waals surface area contributed by atoms with Crippen LogP contribution in [0, 0.1) is 6.57 Å². The Morgan fingerprint density at radius 3 is 2.33 bits per heavy atom. The summed E-state index contributed by atoms with van der Waals surface area (Å²) in [6, 6.07) is 22.9. The van der Waals surface area contributed by atoms with Crippen molar-refractivity contribution in [2.45, 2.75) is 26.2 Å². The third-order valence-electron chi connectivity index (χ3n) is 5.70. The summed E-state index contributed by atoms with van der Waals surface area (Å²) in [4.78, 5) is 12.9. The van der Waals surface area contributed by atoms with Gasteiger partial charge in [-0.25, -0.2) is 14.8 Å². The van der Waals surface area contributed by atoms with Gasteiger partial charge in [0, 0.05) is 10.9 Å². The Balaban J connectivity index is 1.85. The number of nitrogens with zero attached hydrogens (tertiary/aromatic N) is 3. The monoisotopic (exact) mass is 387 g/mol. The molecular formula is C27H21N3. The van der Waals surface area contributed by atoms with Crippen molar-refractivity contribution in [2.24, 2.45) is 0 Å². The van der Waals surface area contributed by atoms with Gasteiger partial charge in [-0.05, 0) is 44.7 Å². The number of hydrogen-bond donors (Lipinski definition) is 0.